The van der Waals surface area contributed by atoms with E-state index in [1.807, 2.05) is 25.2 Å². The van der Waals surface area contributed by atoms with Gasteiger partial charge in [-0.05, 0) is 0 Å². The Labute approximate surface area is 60.7 Å². The lowest BCUT2D eigenvalue weighted by Gasteiger charge is -2.00. The van der Waals surface area contributed by atoms with E-state index in [1.165, 1.54) is 0 Å². The summed E-state index contributed by atoms with van der Waals surface area (Å²) in [6.45, 7) is 5.50. The summed E-state index contributed by atoms with van der Waals surface area (Å²) < 4.78 is 0. The minimum absolute atomic E-state index is 0.0116. The summed E-state index contributed by atoms with van der Waals surface area (Å²) in [6.07, 6.45) is 7.32. The number of rotatable bonds is 0. The van der Waals surface area contributed by atoms with Gasteiger partial charge >= 0.3 is 0 Å². The van der Waals surface area contributed by atoms with Gasteiger partial charge in [-0.1, -0.05) is 37.8 Å². The largest absolute Gasteiger partial charge is 0.294 e. The van der Waals surface area contributed by atoms with Gasteiger partial charge in [0, 0.05) is 11.5 Å². The van der Waals surface area contributed by atoms with Crippen LogP contribution in [-0.2, 0) is 4.79 Å². The summed E-state index contributed by atoms with van der Waals surface area (Å²) in [5.41, 5.74) is 0.595. The van der Waals surface area contributed by atoms with Crippen molar-refractivity contribution in [3.05, 3.63) is 36.5 Å². The van der Waals surface area contributed by atoms with Gasteiger partial charge in [0.15, 0.2) is 5.78 Å². The fraction of sp³-hybridized carbons (Fsp3) is 0.222. The van der Waals surface area contributed by atoms with Crippen LogP contribution < -0.4 is 0 Å². The molecule has 1 heteroatoms. The molecule has 0 saturated heterocycles. The van der Waals surface area contributed by atoms with Crippen molar-refractivity contribution >= 4 is 5.78 Å². The van der Waals surface area contributed by atoms with Crippen LogP contribution in [0, 0.1) is 5.92 Å². The molecule has 0 radical (unpaired) electrons. The van der Waals surface area contributed by atoms with E-state index in [1.54, 1.807) is 6.08 Å². The molecule has 10 heavy (non-hydrogen) atoms. The quantitative estimate of drug-likeness (QED) is 0.462. The first kappa shape index (κ1) is 7.00. The highest BCUT2D eigenvalue weighted by molar-refractivity contribution is 6.00. The van der Waals surface area contributed by atoms with Crippen LogP contribution in [0.3, 0.4) is 0 Å². The van der Waals surface area contributed by atoms with E-state index in [0.29, 0.717) is 5.57 Å². The fourth-order valence-corrected chi connectivity index (χ4v) is 0.864. The van der Waals surface area contributed by atoms with E-state index in [0.717, 1.165) is 0 Å². The Morgan fingerprint density at radius 3 is 2.90 bits per heavy atom. The molecule has 0 spiro atoms. The van der Waals surface area contributed by atoms with Crippen LogP contribution in [0.5, 0.6) is 0 Å². The second-order valence-corrected chi connectivity index (χ2v) is 2.42. The van der Waals surface area contributed by atoms with Crippen LogP contribution in [0.1, 0.15) is 6.92 Å². The molecule has 0 fully saturated rings. The van der Waals surface area contributed by atoms with E-state index in [2.05, 4.69) is 6.58 Å². The molecule has 0 aliphatic heterocycles. The molecular weight excluding hydrogens is 124 g/mol. The maximum Gasteiger partial charge on any atom is 0.168 e. The van der Waals surface area contributed by atoms with Gasteiger partial charge in [0.05, 0.1) is 0 Å². The lowest BCUT2D eigenvalue weighted by atomic mass is 10.0. The molecule has 1 atom stereocenters. The third kappa shape index (κ3) is 1.24. The molecule has 0 N–H and O–H groups in total. The zero-order valence-corrected chi connectivity index (χ0v) is 6.00. The average Bonchev–Trinajstić information content (AvgIpc) is 2.04. The molecule has 0 bridgehead atoms. The van der Waals surface area contributed by atoms with Crippen molar-refractivity contribution < 1.29 is 4.79 Å². The second kappa shape index (κ2) is 2.65. The zero-order chi connectivity index (χ0) is 7.56. The molecular formula is C9H10O. The van der Waals surface area contributed by atoms with Crippen LogP contribution in [0.2, 0.25) is 0 Å². The second-order valence-electron chi connectivity index (χ2n) is 2.42. The van der Waals surface area contributed by atoms with Crippen molar-refractivity contribution in [1.82, 2.24) is 0 Å². The molecule has 0 amide bonds. The summed E-state index contributed by atoms with van der Waals surface area (Å²) in [7, 11) is 0. The van der Waals surface area contributed by atoms with Crippen LogP contribution >= 0.6 is 0 Å². The Kier molecular flexibility index (Phi) is 1.86. The molecule has 1 aliphatic rings. The first-order valence-electron chi connectivity index (χ1n) is 3.30. The number of hydrogen-bond acceptors (Lipinski definition) is 1. The lowest BCUT2D eigenvalue weighted by molar-refractivity contribution is -0.117. The molecule has 0 aromatic carbocycles. The van der Waals surface area contributed by atoms with Gasteiger partial charge in [0.2, 0.25) is 0 Å². The molecule has 0 aromatic heterocycles. The summed E-state index contributed by atoms with van der Waals surface area (Å²) in [6, 6.07) is 0. The number of carbonyl (C=O) groups excluding carboxylic acids is 1. The zero-order valence-electron chi connectivity index (χ0n) is 6.00. The minimum atomic E-state index is -0.0116. The Morgan fingerprint density at radius 2 is 2.20 bits per heavy atom. The highest BCUT2D eigenvalue weighted by atomic mass is 16.1. The molecule has 0 saturated carbocycles. The number of ketones is 1. The van der Waals surface area contributed by atoms with Gasteiger partial charge in [-0.3, -0.25) is 4.79 Å². The van der Waals surface area contributed by atoms with Gasteiger partial charge in [-0.2, -0.15) is 0 Å². The lowest BCUT2D eigenvalue weighted by Crippen LogP contribution is -2.07. The van der Waals surface area contributed by atoms with Crippen LogP contribution in [0.15, 0.2) is 36.5 Å². The molecule has 52 valence electrons. The highest BCUT2D eigenvalue weighted by Crippen LogP contribution is 2.10. The van der Waals surface area contributed by atoms with Crippen molar-refractivity contribution in [3.63, 3.8) is 0 Å². The standard InChI is InChI=1S/C9H10O/c1-7-5-3-4-6-8(2)9(7)10/h3-6,8H,1H2,2H3/t8-/m0/s1. The normalized spacial score (nSPS) is 25.1. The molecule has 1 nitrogen and oxygen atoms in total. The molecule has 1 rings (SSSR count). The first-order chi connectivity index (χ1) is 4.72. The number of allylic oxidation sites excluding steroid dienone is 5. The van der Waals surface area contributed by atoms with Crippen molar-refractivity contribution in [2.24, 2.45) is 5.92 Å². The van der Waals surface area contributed by atoms with Crippen LogP contribution in [-0.4, -0.2) is 5.78 Å². The van der Waals surface area contributed by atoms with Crippen molar-refractivity contribution in [1.29, 1.82) is 0 Å². The summed E-state index contributed by atoms with van der Waals surface area (Å²) >= 11 is 0. The summed E-state index contributed by atoms with van der Waals surface area (Å²) in [4.78, 5) is 11.1. The van der Waals surface area contributed by atoms with Crippen LogP contribution in [0.4, 0.5) is 0 Å². The average molecular weight is 134 g/mol. The van der Waals surface area contributed by atoms with Crippen molar-refractivity contribution in [2.45, 2.75) is 6.92 Å². The third-order valence-electron chi connectivity index (χ3n) is 1.54. The monoisotopic (exact) mass is 134 g/mol. The Balaban J connectivity index is 2.90. The summed E-state index contributed by atoms with van der Waals surface area (Å²) in [5.74, 6) is 0.104. The van der Waals surface area contributed by atoms with Gasteiger partial charge < -0.3 is 0 Å². The van der Waals surface area contributed by atoms with Gasteiger partial charge in [0.1, 0.15) is 0 Å². The number of Topliss-reactive ketones (excluding diaryl/α,β-unsaturated/α-hetero) is 1. The van der Waals surface area contributed by atoms with Gasteiger partial charge in [-0.25, -0.2) is 0 Å². The summed E-state index contributed by atoms with van der Waals surface area (Å²) in [5, 5.41) is 0. The predicted molar refractivity (Wildman–Crippen MR) is 41.6 cm³/mol. The molecule has 0 heterocycles. The predicted octanol–water partition coefficient (Wildman–Crippen LogP) is 1.87. The highest BCUT2D eigenvalue weighted by Gasteiger charge is 2.11. The Morgan fingerprint density at radius 1 is 1.50 bits per heavy atom. The third-order valence-corrected chi connectivity index (χ3v) is 1.54. The molecule has 0 unspecified atom stereocenters. The van der Waals surface area contributed by atoms with Crippen LogP contribution in [0.25, 0.3) is 0 Å². The van der Waals surface area contributed by atoms with E-state index in [9.17, 15) is 4.79 Å². The van der Waals surface area contributed by atoms with Crippen molar-refractivity contribution in [2.75, 3.05) is 0 Å². The Hall–Kier alpha value is -1.11. The topological polar surface area (TPSA) is 17.1 Å². The maximum absolute atomic E-state index is 11.1. The number of hydrogen-bond donors (Lipinski definition) is 0. The van der Waals surface area contributed by atoms with E-state index in [4.69, 9.17) is 0 Å². The van der Waals surface area contributed by atoms with E-state index >= 15 is 0 Å². The van der Waals surface area contributed by atoms with Gasteiger partial charge in [-0.15, -0.1) is 0 Å². The van der Waals surface area contributed by atoms with E-state index < -0.39 is 0 Å². The fourth-order valence-electron chi connectivity index (χ4n) is 0.864. The van der Waals surface area contributed by atoms with Crippen molar-refractivity contribution in [3.8, 4) is 0 Å². The molecule has 1 aliphatic carbocycles. The smallest absolute Gasteiger partial charge is 0.168 e. The minimum Gasteiger partial charge on any atom is -0.294 e. The SMILES string of the molecule is C=C1C=CC=C[C@H](C)C1=O. The van der Waals surface area contributed by atoms with Gasteiger partial charge in [0.25, 0.3) is 0 Å². The first-order valence-corrected chi connectivity index (χ1v) is 3.30. The molecule has 0 aromatic rings. The Bertz CT molecular complexity index is 221. The van der Waals surface area contributed by atoms with E-state index in [-0.39, 0.29) is 11.7 Å². The number of carbonyl (C=O) groups is 1. The maximum atomic E-state index is 11.1.